The second-order valence-corrected chi connectivity index (χ2v) is 7.50. The van der Waals surface area contributed by atoms with Crippen molar-refractivity contribution in [2.75, 3.05) is 32.7 Å². The van der Waals surface area contributed by atoms with Crippen LogP contribution in [0.5, 0.6) is 17.2 Å². The molecule has 2 heterocycles. The third-order valence-corrected chi connectivity index (χ3v) is 5.09. The summed E-state index contributed by atoms with van der Waals surface area (Å²) in [6.07, 6.45) is 0. The molecule has 0 unspecified atom stereocenters. The van der Waals surface area contributed by atoms with Crippen LogP contribution in [0.3, 0.4) is 0 Å². The standard InChI is InChI=1S/C23H25N5O5/c1-12-8-15(9-13(2)20(12)32-7-6-24-23-25-14(3)28-33-23)21-26-17-10-16(30-4)11-18(31-5)19(17)22(29)27-21/h8-11H,6-7H2,1-5H3,(H,24,25,28)(H,26,27,29). The number of rotatable bonds is 8. The Hall–Kier alpha value is -4.08. The van der Waals surface area contributed by atoms with Crippen LogP contribution in [0.25, 0.3) is 22.3 Å². The van der Waals surface area contributed by atoms with Crippen molar-refractivity contribution in [3.63, 3.8) is 0 Å². The maximum absolute atomic E-state index is 12.8. The molecule has 0 saturated heterocycles. The van der Waals surface area contributed by atoms with Crippen LogP contribution in [-0.4, -0.2) is 47.5 Å². The number of anilines is 1. The van der Waals surface area contributed by atoms with Gasteiger partial charge in [-0.2, -0.15) is 4.98 Å². The quantitative estimate of drug-likeness (QED) is 0.388. The summed E-state index contributed by atoms with van der Waals surface area (Å²) >= 11 is 0. The summed E-state index contributed by atoms with van der Waals surface area (Å²) < 4.78 is 21.6. The maximum atomic E-state index is 12.8. The molecule has 0 fully saturated rings. The summed E-state index contributed by atoms with van der Waals surface area (Å²) in [5.41, 5.74) is 2.82. The van der Waals surface area contributed by atoms with Crippen LogP contribution in [-0.2, 0) is 0 Å². The van der Waals surface area contributed by atoms with Crippen LogP contribution in [0.15, 0.2) is 33.6 Å². The zero-order chi connectivity index (χ0) is 23.5. The molecular formula is C23H25N5O5. The van der Waals surface area contributed by atoms with Crippen LogP contribution >= 0.6 is 0 Å². The van der Waals surface area contributed by atoms with Gasteiger partial charge in [-0.15, -0.1) is 0 Å². The molecule has 172 valence electrons. The van der Waals surface area contributed by atoms with Gasteiger partial charge in [-0.3, -0.25) is 4.79 Å². The second-order valence-electron chi connectivity index (χ2n) is 7.50. The molecule has 0 amide bonds. The molecule has 0 bridgehead atoms. The van der Waals surface area contributed by atoms with Crippen molar-refractivity contribution in [2.24, 2.45) is 0 Å². The molecule has 33 heavy (non-hydrogen) atoms. The number of aromatic amines is 1. The van der Waals surface area contributed by atoms with Gasteiger partial charge in [0.25, 0.3) is 5.56 Å². The van der Waals surface area contributed by atoms with E-state index in [0.29, 0.717) is 53.2 Å². The van der Waals surface area contributed by atoms with Gasteiger partial charge in [0.1, 0.15) is 35.1 Å². The van der Waals surface area contributed by atoms with Gasteiger partial charge in [0.15, 0.2) is 5.82 Å². The van der Waals surface area contributed by atoms with Crippen LogP contribution in [0.4, 0.5) is 6.01 Å². The van der Waals surface area contributed by atoms with Gasteiger partial charge < -0.3 is 29.0 Å². The van der Waals surface area contributed by atoms with E-state index in [-0.39, 0.29) is 5.56 Å². The van der Waals surface area contributed by atoms with Gasteiger partial charge in [0.2, 0.25) is 0 Å². The summed E-state index contributed by atoms with van der Waals surface area (Å²) in [4.78, 5) is 24.4. The number of aromatic nitrogens is 4. The fourth-order valence-corrected chi connectivity index (χ4v) is 3.62. The first-order valence-corrected chi connectivity index (χ1v) is 10.3. The van der Waals surface area contributed by atoms with Gasteiger partial charge in [-0.25, -0.2) is 4.98 Å². The molecule has 0 aliphatic heterocycles. The molecule has 0 saturated carbocycles. The second kappa shape index (κ2) is 9.19. The first-order chi connectivity index (χ1) is 15.9. The third kappa shape index (κ3) is 4.59. The fourth-order valence-electron chi connectivity index (χ4n) is 3.62. The highest BCUT2D eigenvalue weighted by atomic mass is 16.5. The lowest BCUT2D eigenvalue weighted by molar-refractivity contribution is 0.325. The minimum atomic E-state index is -0.285. The van der Waals surface area contributed by atoms with E-state index >= 15 is 0 Å². The molecule has 4 aromatic rings. The topological polar surface area (TPSA) is 124 Å². The highest BCUT2D eigenvalue weighted by Gasteiger charge is 2.15. The van der Waals surface area contributed by atoms with Crippen LogP contribution < -0.4 is 25.1 Å². The predicted molar refractivity (Wildman–Crippen MR) is 123 cm³/mol. The Morgan fingerprint density at radius 3 is 2.42 bits per heavy atom. The smallest absolute Gasteiger partial charge is 0.321 e. The van der Waals surface area contributed by atoms with E-state index in [1.165, 1.54) is 7.11 Å². The van der Waals surface area contributed by atoms with Crippen molar-refractivity contribution in [3.8, 4) is 28.6 Å². The summed E-state index contributed by atoms with van der Waals surface area (Å²) in [6.45, 7) is 6.57. The zero-order valence-electron chi connectivity index (χ0n) is 19.1. The van der Waals surface area contributed by atoms with Crippen molar-refractivity contribution in [1.82, 2.24) is 20.1 Å². The SMILES string of the molecule is COc1cc(OC)c2c(=O)[nH]c(-c3cc(C)c(OCCNc4nc(C)no4)c(C)c3)nc2c1. The number of methoxy groups -OCH3 is 2. The molecule has 2 aromatic heterocycles. The Kier molecular flexibility index (Phi) is 6.16. The molecule has 0 aliphatic rings. The summed E-state index contributed by atoms with van der Waals surface area (Å²) in [6, 6.07) is 7.59. The minimum absolute atomic E-state index is 0.285. The minimum Gasteiger partial charge on any atom is -0.497 e. The third-order valence-electron chi connectivity index (χ3n) is 5.09. The molecule has 0 spiro atoms. The van der Waals surface area contributed by atoms with Crippen molar-refractivity contribution in [2.45, 2.75) is 20.8 Å². The number of aryl methyl sites for hydroxylation is 3. The van der Waals surface area contributed by atoms with Crippen LogP contribution in [0.1, 0.15) is 17.0 Å². The summed E-state index contributed by atoms with van der Waals surface area (Å²) in [5, 5.41) is 7.12. The van der Waals surface area contributed by atoms with E-state index in [1.54, 1.807) is 26.2 Å². The van der Waals surface area contributed by atoms with E-state index in [1.807, 2.05) is 26.0 Å². The number of benzene rings is 2. The Morgan fingerprint density at radius 1 is 1.03 bits per heavy atom. The average Bonchev–Trinajstić information content (AvgIpc) is 3.21. The zero-order valence-corrected chi connectivity index (χ0v) is 19.1. The van der Waals surface area contributed by atoms with Crippen molar-refractivity contribution < 1.29 is 18.7 Å². The van der Waals surface area contributed by atoms with E-state index in [2.05, 4.69) is 25.4 Å². The molecule has 2 aromatic carbocycles. The number of ether oxygens (including phenoxy) is 3. The number of H-pyrrole nitrogens is 1. The lowest BCUT2D eigenvalue weighted by Crippen LogP contribution is -2.13. The van der Waals surface area contributed by atoms with E-state index in [4.69, 9.17) is 18.7 Å². The van der Waals surface area contributed by atoms with Crippen molar-refractivity contribution in [3.05, 3.63) is 51.6 Å². The lowest BCUT2D eigenvalue weighted by Gasteiger charge is -2.14. The molecule has 0 aliphatic carbocycles. The number of nitrogens with zero attached hydrogens (tertiary/aromatic N) is 3. The number of hydrogen-bond acceptors (Lipinski definition) is 9. The highest BCUT2D eigenvalue weighted by molar-refractivity contribution is 5.87. The Morgan fingerprint density at radius 2 is 1.79 bits per heavy atom. The first-order valence-electron chi connectivity index (χ1n) is 10.3. The van der Waals surface area contributed by atoms with Crippen LogP contribution in [0.2, 0.25) is 0 Å². The average molecular weight is 451 g/mol. The largest absolute Gasteiger partial charge is 0.497 e. The lowest BCUT2D eigenvalue weighted by atomic mass is 10.0. The number of nitrogens with one attached hydrogen (secondary N) is 2. The van der Waals surface area contributed by atoms with E-state index in [0.717, 1.165) is 22.4 Å². The van der Waals surface area contributed by atoms with Crippen molar-refractivity contribution >= 4 is 16.9 Å². The number of fused-ring (bicyclic) bond motifs is 1. The Balaban J connectivity index is 1.58. The van der Waals surface area contributed by atoms with Gasteiger partial charge in [0, 0.05) is 17.7 Å². The number of hydrogen-bond donors (Lipinski definition) is 2. The molecular weight excluding hydrogens is 426 g/mol. The predicted octanol–water partition coefficient (Wildman–Crippen LogP) is 3.41. The van der Waals surface area contributed by atoms with Gasteiger partial charge in [-0.05, 0) is 44.0 Å². The fraction of sp³-hybridized carbons (Fsp3) is 0.304. The Bertz CT molecular complexity index is 1340. The first kappa shape index (κ1) is 22.1. The Labute approximate surface area is 189 Å². The monoisotopic (exact) mass is 451 g/mol. The normalized spacial score (nSPS) is 10.9. The summed E-state index contributed by atoms with van der Waals surface area (Å²) in [7, 11) is 3.06. The van der Waals surface area contributed by atoms with E-state index < -0.39 is 0 Å². The van der Waals surface area contributed by atoms with Gasteiger partial charge in [-0.1, -0.05) is 5.16 Å². The molecule has 10 heteroatoms. The van der Waals surface area contributed by atoms with Crippen molar-refractivity contribution in [1.29, 1.82) is 0 Å². The van der Waals surface area contributed by atoms with Gasteiger partial charge in [0.05, 0.1) is 26.3 Å². The van der Waals surface area contributed by atoms with Crippen LogP contribution in [0, 0.1) is 20.8 Å². The maximum Gasteiger partial charge on any atom is 0.321 e. The highest BCUT2D eigenvalue weighted by Crippen LogP contribution is 2.31. The molecule has 0 atom stereocenters. The molecule has 2 N–H and O–H groups in total. The molecule has 10 nitrogen and oxygen atoms in total. The molecule has 0 radical (unpaired) electrons. The molecule has 4 rings (SSSR count). The summed E-state index contributed by atoms with van der Waals surface area (Å²) in [5.74, 6) is 2.76. The van der Waals surface area contributed by atoms with Gasteiger partial charge >= 0.3 is 6.01 Å². The van der Waals surface area contributed by atoms with E-state index in [9.17, 15) is 4.79 Å².